The van der Waals surface area contributed by atoms with E-state index in [-0.39, 0.29) is 31.5 Å². The fraction of sp³-hybridized carbons (Fsp3) is 0.276. The number of amides is 2. The maximum atomic E-state index is 12.5. The molecule has 3 N–H and O–H groups in total. The number of hydrogen-bond donors (Lipinski definition) is 3. The van der Waals surface area contributed by atoms with Gasteiger partial charge in [0.05, 0.1) is 5.02 Å². The van der Waals surface area contributed by atoms with E-state index in [1.807, 2.05) is 48.5 Å². The number of halogens is 2. The number of alkyl carbamates (subject to hydrolysis) is 1. The number of nitrogens with one attached hydrogen (secondary N) is 2. The van der Waals surface area contributed by atoms with E-state index in [1.165, 1.54) is 6.07 Å². The third-order valence-electron chi connectivity index (χ3n) is 6.43. The molecule has 0 spiro atoms. The number of carboxylic acid groups (broad SMARTS) is 1. The van der Waals surface area contributed by atoms with Gasteiger partial charge in [-0.05, 0) is 59.7 Å². The maximum absolute atomic E-state index is 12.5. The fourth-order valence-electron chi connectivity index (χ4n) is 4.53. The highest BCUT2D eigenvalue weighted by Gasteiger charge is 2.29. The molecule has 3 aromatic rings. The van der Waals surface area contributed by atoms with Gasteiger partial charge >= 0.3 is 12.1 Å². The van der Waals surface area contributed by atoms with Crippen molar-refractivity contribution < 1.29 is 29.0 Å². The molecule has 0 aromatic heterocycles. The van der Waals surface area contributed by atoms with Gasteiger partial charge in [-0.1, -0.05) is 71.7 Å². The molecule has 2 amide bonds. The van der Waals surface area contributed by atoms with Crippen molar-refractivity contribution in [2.75, 3.05) is 19.8 Å². The minimum atomic E-state index is -1.15. The molecule has 0 bridgehead atoms. The van der Waals surface area contributed by atoms with E-state index in [1.54, 1.807) is 12.1 Å². The minimum absolute atomic E-state index is 0.0987. The van der Waals surface area contributed by atoms with Gasteiger partial charge in [-0.15, -0.1) is 0 Å². The summed E-state index contributed by atoms with van der Waals surface area (Å²) in [7, 11) is 0. The van der Waals surface area contributed by atoms with E-state index in [4.69, 9.17) is 32.7 Å². The Morgan fingerprint density at radius 3 is 2.23 bits per heavy atom. The summed E-state index contributed by atoms with van der Waals surface area (Å²) < 4.78 is 10.8. The molecule has 1 aliphatic carbocycles. The number of carbonyl (C=O) groups is 3. The molecule has 204 valence electrons. The summed E-state index contributed by atoms with van der Waals surface area (Å²) in [5, 5.41) is 15.5. The average molecular weight is 571 g/mol. The zero-order chi connectivity index (χ0) is 27.8. The zero-order valence-electron chi connectivity index (χ0n) is 21.0. The van der Waals surface area contributed by atoms with Crippen molar-refractivity contribution in [2.45, 2.75) is 31.2 Å². The molecular weight excluding hydrogens is 543 g/mol. The lowest BCUT2D eigenvalue weighted by molar-refractivity contribution is -0.139. The van der Waals surface area contributed by atoms with Crippen LogP contribution in [0.5, 0.6) is 5.75 Å². The van der Waals surface area contributed by atoms with Crippen LogP contribution in [0.4, 0.5) is 4.79 Å². The van der Waals surface area contributed by atoms with Crippen LogP contribution in [-0.2, 0) is 14.3 Å². The summed E-state index contributed by atoms with van der Waals surface area (Å²) in [4.78, 5) is 36.2. The molecule has 1 atom stereocenters. The molecule has 1 aliphatic rings. The Bertz CT molecular complexity index is 1300. The molecule has 0 aliphatic heterocycles. The van der Waals surface area contributed by atoms with Crippen LogP contribution >= 0.6 is 23.2 Å². The van der Waals surface area contributed by atoms with Gasteiger partial charge < -0.3 is 25.2 Å². The van der Waals surface area contributed by atoms with Crippen LogP contribution in [0, 0.1) is 0 Å². The smallest absolute Gasteiger partial charge is 0.407 e. The number of hydrogen-bond acceptors (Lipinski definition) is 5. The lowest BCUT2D eigenvalue weighted by Crippen LogP contribution is -2.41. The second-order valence-electron chi connectivity index (χ2n) is 9.07. The monoisotopic (exact) mass is 570 g/mol. The number of unbranched alkanes of at least 4 members (excludes halogenated alkanes) is 1. The predicted molar refractivity (Wildman–Crippen MR) is 148 cm³/mol. The Labute approximate surface area is 236 Å². The molecule has 0 heterocycles. The third kappa shape index (κ3) is 7.43. The molecule has 0 saturated carbocycles. The van der Waals surface area contributed by atoms with Crippen LogP contribution in [-0.4, -0.2) is 48.9 Å². The SMILES string of the molecule is O=C(COc1ccc(Cl)cc1Cl)NCCCCC(NC(=O)OCC1c2ccccc2-c2ccccc21)C(=O)O. The third-order valence-corrected chi connectivity index (χ3v) is 6.96. The number of fused-ring (bicyclic) bond motifs is 3. The average Bonchev–Trinajstić information content (AvgIpc) is 3.24. The molecule has 39 heavy (non-hydrogen) atoms. The Balaban J connectivity index is 1.17. The van der Waals surface area contributed by atoms with Crippen LogP contribution in [0.1, 0.15) is 36.3 Å². The Morgan fingerprint density at radius 1 is 0.923 bits per heavy atom. The Morgan fingerprint density at radius 2 is 1.59 bits per heavy atom. The number of carboxylic acids is 1. The molecule has 0 radical (unpaired) electrons. The van der Waals surface area contributed by atoms with Gasteiger partial charge in [0.25, 0.3) is 5.91 Å². The summed E-state index contributed by atoms with van der Waals surface area (Å²) >= 11 is 11.9. The summed E-state index contributed by atoms with van der Waals surface area (Å²) in [6.45, 7) is 0.206. The van der Waals surface area contributed by atoms with Gasteiger partial charge in [0.15, 0.2) is 6.61 Å². The van der Waals surface area contributed by atoms with E-state index in [0.29, 0.717) is 35.2 Å². The first-order valence-electron chi connectivity index (χ1n) is 12.5. The molecule has 10 heteroatoms. The first-order valence-corrected chi connectivity index (χ1v) is 13.3. The molecule has 1 unspecified atom stereocenters. The van der Waals surface area contributed by atoms with Crippen molar-refractivity contribution in [1.82, 2.24) is 10.6 Å². The van der Waals surface area contributed by atoms with Crippen LogP contribution in [0.15, 0.2) is 66.7 Å². The Hall–Kier alpha value is -3.75. The maximum Gasteiger partial charge on any atom is 0.407 e. The molecule has 3 aromatic carbocycles. The van der Waals surface area contributed by atoms with Gasteiger partial charge in [-0.2, -0.15) is 0 Å². The van der Waals surface area contributed by atoms with E-state index < -0.39 is 18.1 Å². The fourth-order valence-corrected chi connectivity index (χ4v) is 4.99. The summed E-state index contributed by atoms with van der Waals surface area (Å²) in [6, 6.07) is 19.5. The predicted octanol–water partition coefficient (Wildman–Crippen LogP) is 5.65. The quantitative estimate of drug-likeness (QED) is 0.242. The Kier molecular flexibility index (Phi) is 9.68. The normalized spacial score (nSPS) is 12.7. The number of carbonyl (C=O) groups excluding carboxylic acids is 2. The number of rotatable bonds is 12. The number of benzene rings is 3. The minimum Gasteiger partial charge on any atom is -0.482 e. The zero-order valence-corrected chi connectivity index (χ0v) is 22.5. The molecule has 8 nitrogen and oxygen atoms in total. The van der Waals surface area contributed by atoms with Gasteiger partial charge in [0, 0.05) is 17.5 Å². The summed E-state index contributed by atoms with van der Waals surface area (Å²) in [5.41, 5.74) is 4.37. The highest BCUT2D eigenvalue weighted by molar-refractivity contribution is 6.35. The highest BCUT2D eigenvalue weighted by atomic mass is 35.5. The van der Waals surface area contributed by atoms with E-state index in [2.05, 4.69) is 10.6 Å². The van der Waals surface area contributed by atoms with Crippen LogP contribution in [0.2, 0.25) is 10.0 Å². The topological polar surface area (TPSA) is 114 Å². The summed E-state index contributed by atoms with van der Waals surface area (Å²) in [6.07, 6.45) is 0.385. The van der Waals surface area contributed by atoms with Gasteiger partial charge in [-0.25, -0.2) is 9.59 Å². The van der Waals surface area contributed by atoms with Crippen molar-refractivity contribution in [1.29, 1.82) is 0 Å². The largest absolute Gasteiger partial charge is 0.482 e. The highest BCUT2D eigenvalue weighted by Crippen LogP contribution is 2.44. The van der Waals surface area contributed by atoms with E-state index in [0.717, 1.165) is 22.3 Å². The number of ether oxygens (including phenoxy) is 2. The van der Waals surface area contributed by atoms with Gasteiger partial charge in [0.2, 0.25) is 0 Å². The second-order valence-corrected chi connectivity index (χ2v) is 9.91. The van der Waals surface area contributed by atoms with Crippen LogP contribution in [0.25, 0.3) is 11.1 Å². The van der Waals surface area contributed by atoms with Crippen LogP contribution < -0.4 is 15.4 Å². The van der Waals surface area contributed by atoms with E-state index >= 15 is 0 Å². The van der Waals surface area contributed by atoms with Crippen molar-refractivity contribution in [3.05, 3.63) is 87.9 Å². The molecular formula is C29H28Cl2N2O6. The van der Waals surface area contributed by atoms with Crippen molar-refractivity contribution in [3.8, 4) is 16.9 Å². The molecule has 4 rings (SSSR count). The summed E-state index contributed by atoms with van der Waals surface area (Å²) in [5.74, 6) is -1.26. The lowest BCUT2D eigenvalue weighted by atomic mass is 9.98. The molecule has 0 saturated heterocycles. The van der Waals surface area contributed by atoms with E-state index in [9.17, 15) is 19.5 Å². The molecule has 0 fully saturated rings. The van der Waals surface area contributed by atoms with Gasteiger partial charge in [0.1, 0.15) is 18.4 Å². The lowest BCUT2D eigenvalue weighted by Gasteiger charge is -2.17. The number of aliphatic carboxylic acids is 1. The van der Waals surface area contributed by atoms with Crippen molar-refractivity contribution >= 4 is 41.2 Å². The van der Waals surface area contributed by atoms with Crippen molar-refractivity contribution in [3.63, 3.8) is 0 Å². The first-order chi connectivity index (χ1) is 18.8. The van der Waals surface area contributed by atoms with Crippen LogP contribution in [0.3, 0.4) is 0 Å². The first kappa shape index (κ1) is 28.3. The second kappa shape index (κ2) is 13.4. The van der Waals surface area contributed by atoms with Gasteiger partial charge in [-0.3, -0.25) is 4.79 Å². The van der Waals surface area contributed by atoms with Crippen molar-refractivity contribution in [2.24, 2.45) is 0 Å². The standard InChI is InChI=1S/C29H28Cl2N2O6/c30-18-12-13-26(24(31)15-18)38-17-27(34)32-14-6-5-11-25(28(35)36)33-29(37)39-16-23-21-9-3-1-7-19(21)20-8-2-4-10-22(20)23/h1-4,7-10,12-13,15,23,25H,5-6,11,14,16-17H2,(H,32,34)(H,33,37)(H,35,36).